The largest absolute Gasteiger partial charge is 0.308 e. The first kappa shape index (κ1) is 13.1. The van der Waals surface area contributed by atoms with Crippen LogP contribution in [0.5, 0.6) is 0 Å². The quantitative estimate of drug-likeness (QED) is 0.839. The lowest BCUT2D eigenvalue weighted by Gasteiger charge is -2.30. The molecule has 2 aliphatic rings. The summed E-state index contributed by atoms with van der Waals surface area (Å²) in [6, 6.07) is 0.736. The highest BCUT2D eigenvalue weighted by Gasteiger charge is 2.20. The van der Waals surface area contributed by atoms with Crippen molar-refractivity contribution < 1.29 is 0 Å². The third-order valence-corrected chi connectivity index (χ3v) is 4.12. The summed E-state index contributed by atoms with van der Waals surface area (Å²) in [4.78, 5) is 2.55. The topological polar surface area (TPSA) is 46.0 Å². The van der Waals surface area contributed by atoms with Crippen LogP contribution in [0.1, 0.15) is 38.3 Å². The van der Waals surface area contributed by atoms with E-state index < -0.39 is 0 Å². The van der Waals surface area contributed by atoms with Gasteiger partial charge in [0.1, 0.15) is 0 Å². The number of aromatic nitrogens is 3. The molecule has 5 heteroatoms. The van der Waals surface area contributed by atoms with Crippen LogP contribution in [0.3, 0.4) is 0 Å². The molecule has 1 aromatic rings. The maximum atomic E-state index is 4.23. The molecule has 0 spiro atoms. The number of nitrogens with zero attached hydrogens (tertiary/aromatic N) is 4. The second-order valence-corrected chi connectivity index (χ2v) is 6.18. The van der Waals surface area contributed by atoms with Crippen LogP contribution in [0.4, 0.5) is 0 Å². The number of hydrogen-bond acceptors (Lipinski definition) is 4. The number of hydrogen-bond donors (Lipinski definition) is 1. The predicted octanol–water partition coefficient (Wildman–Crippen LogP) is 1.26. The van der Waals surface area contributed by atoms with Crippen LogP contribution in [0.15, 0.2) is 6.20 Å². The molecule has 1 unspecified atom stereocenters. The van der Waals surface area contributed by atoms with Gasteiger partial charge in [0.25, 0.3) is 0 Å². The Hall–Kier alpha value is -0.940. The van der Waals surface area contributed by atoms with Crippen LogP contribution in [-0.2, 0) is 13.1 Å². The Morgan fingerprint density at radius 2 is 2.21 bits per heavy atom. The summed E-state index contributed by atoms with van der Waals surface area (Å²) in [6.07, 6.45) is 7.46. The highest BCUT2D eigenvalue weighted by atomic mass is 15.4. The van der Waals surface area contributed by atoms with Gasteiger partial charge in [-0.2, -0.15) is 0 Å². The van der Waals surface area contributed by atoms with Crippen molar-refractivity contribution in [2.24, 2.45) is 5.92 Å². The van der Waals surface area contributed by atoms with E-state index in [1.807, 2.05) is 4.68 Å². The van der Waals surface area contributed by atoms with Crippen LogP contribution in [0, 0.1) is 5.92 Å². The Morgan fingerprint density at radius 3 is 3.00 bits per heavy atom. The van der Waals surface area contributed by atoms with Crippen LogP contribution in [0.25, 0.3) is 0 Å². The summed E-state index contributed by atoms with van der Waals surface area (Å²) in [5.41, 5.74) is 1.07. The van der Waals surface area contributed by atoms with Gasteiger partial charge in [0.15, 0.2) is 0 Å². The molecule has 2 heterocycles. The lowest BCUT2D eigenvalue weighted by Crippen LogP contribution is -2.36. The van der Waals surface area contributed by atoms with Crippen LogP contribution < -0.4 is 5.32 Å². The van der Waals surface area contributed by atoms with Crippen LogP contribution >= 0.6 is 0 Å². The van der Waals surface area contributed by atoms with Crippen molar-refractivity contribution in [2.75, 3.05) is 19.6 Å². The normalized spacial score (nSPS) is 24.8. The fourth-order valence-electron chi connectivity index (χ4n) is 2.80. The molecule has 0 radical (unpaired) electrons. The fraction of sp³-hybridized carbons (Fsp3) is 0.857. The molecule has 5 nitrogen and oxygen atoms in total. The van der Waals surface area contributed by atoms with E-state index in [2.05, 4.69) is 33.6 Å². The second-order valence-electron chi connectivity index (χ2n) is 6.18. The SMILES string of the molecule is CC1CCCN(CCn2cc(CNC3CC3)nn2)C1. The molecule has 0 amide bonds. The summed E-state index contributed by atoms with van der Waals surface area (Å²) in [5, 5.41) is 11.9. The van der Waals surface area contributed by atoms with E-state index in [-0.39, 0.29) is 0 Å². The van der Waals surface area contributed by atoms with E-state index in [0.29, 0.717) is 0 Å². The number of nitrogens with one attached hydrogen (secondary N) is 1. The van der Waals surface area contributed by atoms with Crippen molar-refractivity contribution in [3.63, 3.8) is 0 Å². The molecule has 106 valence electrons. The fourth-order valence-corrected chi connectivity index (χ4v) is 2.80. The van der Waals surface area contributed by atoms with Crippen molar-refractivity contribution in [1.82, 2.24) is 25.2 Å². The van der Waals surface area contributed by atoms with Gasteiger partial charge in [-0.25, -0.2) is 0 Å². The van der Waals surface area contributed by atoms with Gasteiger partial charge in [0.2, 0.25) is 0 Å². The Labute approximate surface area is 115 Å². The zero-order valence-electron chi connectivity index (χ0n) is 11.9. The minimum absolute atomic E-state index is 0.736. The lowest BCUT2D eigenvalue weighted by molar-refractivity contribution is 0.176. The van der Waals surface area contributed by atoms with E-state index in [1.54, 1.807) is 0 Å². The average molecular weight is 263 g/mol. The number of piperidine rings is 1. The van der Waals surface area contributed by atoms with Gasteiger partial charge in [-0.1, -0.05) is 12.1 Å². The van der Waals surface area contributed by atoms with E-state index >= 15 is 0 Å². The van der Waals surface area contributed by atoms with E-state index in [4.69, 9.17) is 0 Å². The third-order valence-electron chi connectivity index (χ3n) is 4.12. The maximum Gasteiger partial charge on any atom is 0.0964 e. The maximum absolute atomic E-state index is 4.23. The third kappa shape index (κ3) is 4.01. The van der Waals surface area contributed by atoms with Crippen molar-refractivity contribution >= 4 is 0 Å². The van der Waals surface area contributed by atoms with E-state index in [1.165, 1.54) is 38.8 Å². The van der Waals surface area contributed by atoms with Crippen molar-refractivity contribution in [3.05, 3.63) is 11.9 Å². The molecule has 2 fully saturated rings. The Bertz CT molecular complexity index is 398. The molecule has 0 aromatic carbocycles. The molecule has 19 heavy (non-hydrogen) atoms. The van der Waals surface area contributed by atoms with Gasteiger partial charge in [0, 0.05) is 31.9 Å². The zero-order chi connectivity index (χ0) is 13.1. The Balaban J connectivity index is 1.41. The summed E-state index contributed by atoms with van der Waals surface area (Å²) in [6.45, 7) is 7.76. The first-order valence-corrected chi connectivity index (χ1v) is 7.64. The molecule has 1 saturated heterocycles. The Kier molecular flexibility index (Phi) is 4.13. The summed E-state index contributed by atoms with van der Waals surface area (Å²) in [5.74, 6) is 0.850. The summed E-state index contributed by atoms with van der Waals surface area (Å²) in [7, 11) is 0. The molecule has 0 bridgehead atoms. The molecule has 3 rings (SSSR count). The molecular weight excluding hydrogens is 238 g/mol. The minimum Gasteiger partial charge on any atom is -0.308 e. The van der Waals surface area contributed by atoms with Crippen molar-refractivity contribution in [1.29, 1.82) is 0 Å². The number of rotatable bonds is 6. The van der Waals surface area contributed by atoms with Crippen LogP contribution in [-0.4, -0.2) is 45.6 Å². The molecule has 1 saturated carbocycles. The molecule has 1 atom stereocenters. The molecule has 1 aliphatic carbocycles. The zero-order valence-corrected chi connectivity index (χ0v) is 11.9. The summed E-state index contributed by atoms with van der Waals surface area (Å²) >= 11 is 0. The predicted molar refractivity (Wildman–Crippen MR) is 74.7 cm³/mol. The van der Waals surface area contributed by atoms with Crippen LogP contribution in [0.2, 0.25) is 0 Å². The first-order valence-electron chi connectivity index (χ1n) is 7.64. The minimum atomic E-state index is 0.736. The molecular formula is C14H25N5. The number of likely N-dealkylation sites (tertiary alicyclic amines) is 1. The first-order chi connectivity index (χ1) is 9.29. The van der Waals surface area contributed by atoms with E-state index in [0.717, 1.165) is 37.3 Å². The smallest absolute Gasteiger partial charge is 0.0964 e. The van der Waals surface area contributed by atoms with Gasteiger partial charge in [-0.05, 0) is 38.1 Å². The highest BCUT2D eigenvalue weighted by molar-refractivity contribution is 4.94. The van der Waals surface area contributed by atoms with Crippen molar-refractivity contribution in [2.45, 2.75) is 51.7 Å². The van der Waals surface area contributed by atoms with Gasteiger partial charge in [0.05, 0.1) is 12.2 Å². The standard InChI is InChI=1S/C14H25N5/c1-12-3-2-6-18(10-12)7-8-19-11-14(16-17-19)9-15-13-4-5-13/h11-13,15H,2-10H2,1H3. The van der Waals surface area contributed by atoms with Gasteiger partial charge < -0.3 is 10.2 Å². The van der Waals surface area contributed by atoms with E-state index in [9.17, 15) is 0 Å². The molecule has 1 aliphatic heterocycles. The Morgan fingerprint density at radius 1 is 1.32 bits per heavy atom. The average Bonchev–Trinajstić information content (AvgIpc) is 3.13. The molecule has 1 N–H and O–H groups in total. The van der Waals surface area contributed by atoms with Gasteiger partial charge >= 0.3 is 0 Å². The lowest BCUT2D eigenvalue weighted by atomic mass is 10.0. The van der Waals surface area contributed by atoms with Crippen molar-refractivity contribution in [3.8, 4) is 0 Å². The second kappa shape index (κ2) is 6.01. The summed E-state index contributed by atoms with van der Waals surface area (Å²) < 4.78 is 1.99. The monoisotopic (exact) mass is 263 g/mol. The molecule has 1 aromatic heterocycles. The highest BCUT2D eigenvalue weighted by Crippen LogP contribution is 2.19. The van der Waals surface area contributed by atoms with Gasteiger partial charge in [-0.15, -0.1) is 5.10 Å². The van der Waals surface area contributed by atoms with Gasteiger partial charge in [-0.3, -0.25) is 4.68 Å².